The van der Waals surface area contributed by atoms with Gasteiger partial charge in [-0.1, -0.05) is 31.1 Å². The number of methoxy groups -OCH3 is 2. The third-order valence-corrected chi connectivity index (χ3v) is 3.84. The van der Waals surface area contributed by atoms with Gasteiger partial charge in [0, 0.05) is 18.2 Å². The second-order valence-electron chi connectivity index (χ2n) is 6.07. The Morgan fingerprint density at radius 1 is 1.23 bits per heavy atom. The lowest BCUT2D eigenvalue weighted by Gasteiger charge is -2.13. The highest BCUT2D eigenvalue weighted by Crippen LogP contribution is 2.31. The maximum absolute atomic E-state index is 5.46. The highest BCUT2D eigenvalue weighted by molar-refractivity contribution is 5.79. The van der Waals surface area contributed by atoms with E-state index in [-0.39, 0.29) is 0 Å². The second-order valence-corrected chi connectivity index (χ2v) is 6.07. The van der Waals surface area contributed by atoms with Gasteiger partial charge in [-0.15, -0.1) is 0 Å². The van der Waals surface area contributed by atoms with Crippen LogP contribution in [0.4, 0.5) is 0 Å². The van der Waals surface area contributed by atoms with Gasteiger partial charge in [0.25, 0.3) is 0 Å². The van der Waals surface area contributed by atoms with Crippen LogP contribution in [-0.4, -0.2) is 31.9 Å². The van der Waals surface area contributed by atoms with Crippen LogP contribution in [0, 0.1) is 0 Å². The molecular weight excluding hydrogens is 332 g/mol. The van der Waals surface area contributed by atoms with E-state index in [1.54, 1.807) is 14.2 Å². The number of benzene rings is 1. The van der Waals surface area contributed by atoms with Crippen molar-refractivity contribution < 1.29 is 14.0 Å². The van der Waals surface area contributed by atoms with E-state index in [4.69, 9.17) is 14.0 Å². The van der Waals surface area contributed by atoms with E-state index < -0.39 is 0 Å². The Kier molecular flexibility index (Phi) is 7.32. The molecule has 0 amide bonds. The summed E-state index contributed by atoms with van der Waals surface area (Å²) in [6, 6.07) is 7.73. The average Bonchev–Trinajstić information content (AvgIpc) is 3.12. The van der Waals surface area contributed by atoms with Gasteiger partial charge in [0.1, 0.15) is 0 Å². The first kappa shape index (κ1) is 19.6. The van der Waals surface area contributed by atoms with E-state index in [2.05, 4.69) is 34.6 Å². The van der Waals surface area contributed by atoms with Crippen molar-refractivity contribution in [3.63, 3.8) is 0 Å². The Morgan fingerprint density at radius 3 is 2.65 bits per heavy atom. The van der Waals surface area contributed by atoms with E-state index in [0.717, 1.165) is 23.6 Å². The monoisotopic (exact) mass is 360 g/mol. The number of rotatable bonds is 8. The van der Waals surface area contributed by atoms with Crippen molar-refractivity contribution >= 4 is 5.96 Å². The number of hydrogen-bond donors (Lipinski definition) is 2. The molecule has 142 valence electrons. The molecule has 1 aromatic heterocycles. The number of para-hydroxylation sites is 1. The van der Waals surface area contributed by atoms with Crippen molar-refractivity contribution in [3.05, 3.63) is 41.3 Å². The summed E-state index contributed by atoms with van der Waals surface area (Å²) in [5.41, 5.74) is 1.90. The minimum Gasteiger partial charge on any atom is -0.493 e. The lowest BCUT2D eigenvalue weighted by atomic mass is 10.1. The molecule has 0 radical (unpaired) electrons. The summed E-state index contributed by atoms with van der Waals surface area (Å²) in [4.78, 5) is 4.62. The summed E-state index contributed by atoms with van der Waals surface area (Å²) in [6.07, 6.45) is 0. The van der Waals surface area contributed by atoms with Gasteiger partial charge < -0.3 is 24.6 Å². The number of nitrogens with zero attached hydrogens (tertiary/aromatic N) is 2. The fourth-order valence-corrected chi connectivity index (χ4v) is 2.44. The van der Waals surface area contributed by atoms with Gasteiger partial charge in [-0.3, -0.25) is 0 Å². The van der Waals surface area contributed by atoms with Crippen molar-refractivity contribution in [3.8, 4) is 11.5 Å². The quantitative estimate of drug-likeness (QED) is 0.556. The molecule has 7 nitrogen and oxygen atoms in total. The number of ether oxygens (including phenoxy) is 2. The first-order valence-electron chi connectivity index (χ1n) is 8.76. The van der Waals surface area contributed by atoms with Crippen LogP contribution in [0.2, 0.25) is 0 Å². The lowest BCUT2D eigenvalue weighted by Crippen LogP contribution is -2.36. The minimum absolute atomic E-state index is 0.343. The Hall–Kier alpha value is -2.70. The maximum Gasteiger partial charge on any atom is 0.191 e. The largest absolute Gasteiger partial charge is 0.493 e. The fraction of sp³-hybridized carbons (Fsp3) is 0.474. The molecular formula is C19H28N4O3. The normalized spacial score (nSPS) is 11.5. The van der Waals surface area contributed by atoms with Crippen LogP contribution in [0.3, 0.4) is 0 Å². The summed E-state index contributed by atoms with van der Waals surface area (Å²) < 4.78 is 16.1. The molecule has 26 heavy (non-hydrogen) atoms. The Morgan fingerprint density at radius 2 is 2.04 bits per heavy atom. The van der Waals surface area contributed by atoms with Gasteiger partial charge in [0.15, 0.2) is 23.2 Å². The topological polar surface area (TPSA) is 80.9 Å². The fourth-order valence-electron chi connectivity index (χ4n) is 2.44. The number of aromatic nitrogens is 1. The molecule has 1 heterocycles. The van der Waals surface area contributed by atoms with Crippen LogP contribution in [0.5, 0.6) is 11.5 Å². The first-order chi connectivity index (χ1) is 12.6. The third-order valence-electron chi connectivity index (χ3n) is 3.84. The Bertz CT molecular complexity index is 725. The van der Waals surface area contributed by atoms with Crippen LogP contribution in [-0.2, 0) is 13.1 Å². The summed E-state index contributed by atoms with van der Waals surface area (Å²) in [5, 5.41) is 10.6. The van der Waals surface area contributed by atoms with E-state index >= 15 is 0 Å². The second kappa shape index (κ2) is 9.70. The Labute approximate surface area is 154 Å². The molecule has 2 aromatic rings. The molecule has 0 bridgehead atoms. The Balaban J connectivity index is 2.06. The lowest BCUT2D eigenvalue weighted by molar-refractivity contribution is 0.352. The molecule has 0 aliphatic rings. The summed E-state index contributed by atoms with van der Waals surface area (Å²) in [5.74, 6) is 3.21. The highest BCUT2D eigenvalue weighted by atomic mass is 16.5. The molecule has 0 saturated carbocycles. The maximum atomic E-state index is 5.46. The zero-order valence-corrected chi connectivity index (χ0v) is 16.1. The van der Waals surface area contributed by atoms with Crippen molar-refractivity contribution in [1.82, 2.24) is 15.8 Å². The van der Waals surface area contributed by atoms with Crippen molar-refractivity contribution in [1.29, 1.82) is 0 Å². The molecule has 2 rings (SSSR count). The van der Waals surface area contributed by atoms with Crippen molar-refractivity contribution in [2.45, 2.75) is 39.8 Å². The minimum atomic E-state index is 0.343. The molecule has 0 unspecified atom stereocenters. The van der Waals surface area contributed by atoms with Crippen LogP contribution in [0.1, 0.15) is 43.7 Å². The zero-order valence-electron chi connectivity index (χ0n) is 16.1. The van der Waals surface area contributed by atoms with Gasteiger partial charge in [0.2, 0.25) is 0 Å². The van der Waals surface area contributed by atoms with Crippen LogP contribution in [0.15, 0.2) is 33.8 Å². The predicted molar refractivity (Wildman–Crippen MR) is 102 cm³/mol. The molecule has 7 heteroatoms. The molecule has 2 N–H and O–H groups in total. The molecule has 1 aromatic carbocycles. The number of nitrogens with one attached hydrogen (secondary N) is 2. The molecule has 0 atom stereocenters. The molecule has 0 spiro atoms. The van der Waals surface area contributed by atoms with Crippen molar-refractivity contribution in [2.24, 2.45) is 4.99 Å². The number of aliphatic imine (C=N–C) groups is 1. The molecule has 0 aliphatic carbocycles. The molecule has 0 aliphatic heterocycles. The smallest absolute Gasteiger partial charge is 0.191 e. The van der Waals surface area contributed by atoms with Gasteiger partial charge in [-0.05, 0) is 18.9 Å². The number of guanidine groups is 1. The number of hydrogen-bond acceptors (Lipinski definition) is 5. The highest BCUT2D eigenvalue weighted by Gasteiger charge is 2.10. The van der Waals surface area contributed by atoms with Gasteiger partial charge >= 0.3 is 0 Å². The molecule has 0 fully saturated rings. The van der Waals surface area contributed by atoms with Crippen LogP contribution in [0.25, 0.3) is 0 Å². The van der Waals surface area contributed by atoms with Crippen molar-refractivity contribution in [2.75, 3.05) is 20.8 Å². The van der Waals surface area contributed by atoms with Crippen LogP contribution >= 0.6 is 0 Å². The van der Waals surface area contributed by atoms with E-state index in [1.165, 1.54) is 0 Å². The van der Waals surface area contributed by atoms with Gasteiger partial charge in [0.05, 0.1) is 33.0 Å². The van der Waals surface area contributed by atoms with E-state index in [9.17, 15) is 0 Å². The average molecular weight is 360 g/mol. The third kappa shape index (κ3) is 5.15. The van der Waals surface area contributed by atoms with Gasteiger partial charge in [-0.2, -0.15) is 0 Å². The van der Waals surface area contributed by atoms with E-state index in [1.807, 2.05) is 31.2 Å². The zero-order chi connectivity index (χ0) is 18.9. The molecule has 0 saturated heterocycles. The summed E-state index contributed by atoms with van der Waals surface area (Å²) in [7, 11) is 3.25. The SMILES string of the molecule is CCNC(=NCc1cccc(OC)c1OC)NCc1cc(C(C)C)no1. The first-order valence-corrected chi connectivity index (χ1v) is 8.76. The standard InChI is InChI=1S/C19H28N4O3/c1-6-20-19(22-12-15-10-16(13(2)3)23-26-15)21-11-14-8-7-9-17(24-4)18(14)25-5/h7-10,13H,6,11-12H2,1-5H3,(H2,20,21,22). The summed E-state index contributed by atoms with van der Waals surface area (Å²) in [6.45, 7) is 7.93. The summed E-state index contributed by atoms with van der Waals surface area (Å²) >= 11 is 0. The van der Waals surface area contributed by atoms with E-state index in [0.29, 0.717) is 36.5 Å². The van der Waals surface area contributed by atoms with Crippen LogP contribution < -0.4 is 20.1 Å². The predicted octanol–water partition coefficient (Wildman–Crippen LogP) is 3.07. The van der Waals surface area contributed by atoms with Gasteiger partial charge in [-0.25, -0.2) is 4.99 Å².